The first-order chi connectivity index (χ1) is 13.0. The van der Waals surface area contributed by atoms with E-state index in [0.29, 0.717) is 11.3 Å². The number of aliphatic carboxylic acids is 1. The highest BCUT2D eigenvalue weighted by atomic mass is 16.4. The Morgan fingerprint density at radius 2 is 1.85 bits per heavy atom. The van der Waals surface area contributed by atoms with Crippen molar-refractivity contribution in [2.75, 3.05) is 0 Å². The van der Waals surface area contributed by atoms with Crippen LogP contribution in [0.3, 0.4) is 0 Å². The lowest BCUT2D eigenvalue weighted by Crippen LogP contribution is -2.26. The van der Waals surface area contributed by atoms with Gasteiger partial charge in [0.25, 0.3) is 0 Å². The third-order valence-corrected chi connectivity index (χ3v) is 6.32. The molecule has 5 heteroatoms. The van der Waals surface area contributed by atoms with Gasteiger partial charge in [0, 0.05) is 29.0 Å². The van der Waals surface area contributed by atoms with Gasteiger partial charge in [0.05, 0.1) is 5.92 Å². The van der Waals surface area contributed by atoms with Crippen molar-refractivity contribution in [3.8, 4) is 17.1 Å². The summed E-state index contributed by atoms with van der Waals surface area (Å²) in [6, 6.07) is 9.49. The van der Waals surface area contributed by atoms with Crippen molar-refractivity contribution < 1.29 is 19.4 Å². The summed E-state index contributed by atoms with van der Waals surface area (Å²) < 4.78 is 5.89. The number of benzene rings is 2. The Balaban J connectivity index is 1.87. The van der Waals surface area contributed by atoms with Crippen molar-refractivity contribution in [1.29, 1.82) is 0 Å². The summed E-state index contributed by atoms with van der Waals surface area (Å²) in [5.41, 5.74) is 1.93. The molecule has 1 aromatic rings. The number of fused-ring (bicyclic) bond motifs is 4. The summed E-state index contributed by atoms with van der Waals surface area (Å²) in [5.74, 6) is -0.703. The van der Waals surface area contributed by atoms with Crippen LogP contribution in [-0.4, -0.2) is 16.2 Å². The molecule has 1 heterocycles. The quantitative estimate of drug-likeness (QED) is 0.534. The number of phenols is 1. The molecule has 136 valence electrons. The van der Waals surface area contributed by atoms with Crippen LogP contribution in [0.2, 0.25) is 0 Å². The van der Waals surface area contributed by atoms with Gasteiger partial charge in [-0.3, -0.25) is 9.59 Å². The summed E-state index contributed by atoms with van der Waals surface area (Å²) in [6.45, 7) is 2.10. The van der Waals surface area contributed by atoms with Gasteiger partial charge in [-0.05, 0) is 47.6 Å². The van der Waals surface area contributed by atoms with E-state index in [1.165, 1.54) is 18.2 Å². The van der Waals surface area contributed by atoms with E-state index >= 15 is 0 Å². The van der Waals surface area contributed by atoms with Crippen LogP contribution in [0.25, 0.3) is 22.3 Å². The minimum absolute atomic E-state index is 0.00404. The predicted molar refractivity (Wildman–Crippen MR) is 99.9 cm³/mol. The van der Waals surface area contributed by atoms with Gasteiger partial charge in [-0.1, -0.05) is 19.1 Å². The van der Waals surface area contributed by atoms with Gasteiger partial charge < -0.3 is 14.6 Å². The fourth-order valence-corrected chi connectivity index (χ4v) is 5.18. The van der Waals surface area contributed by atoms with Crippen molar-refractivity contribution in [2.24, 2.45) is 23.7 Å². The van der Waals surface area contributed by atoms with Gasteiger partial charge >= 0.3 is 5.97 Å². The standard InChI is InChI=1S/C22H18O5/c1-10-13-6-7-14(10)21(22(25)26)20(13)19-15-4-2-11(23)8-17(15)27-18-9-12(24)3-5-16(18)19/h2-10,13-14,20-21,23H,1H3,(H,25,26)/t10-,13+,14-,20-,21-/m0/s1. The summed E-state index contributed by atoms with van der Waals surface area (Å²) in [7, 11) is 0. The van der Waals surface area contributed by atoms with Crippen LogP contribution in [0.15, 0.2) is 57.8 Å². The van der Waals surface area contributed by atoms with Gasteiger partial charge in [-0.15, -0.1) is 0 Å². The average molecular weight is 362 g/mol. The Labute approximate surface area is 154 Å². The Morgan fingerprint density at radius 1 is 1.07 bits per heavy atom. The molecule has 1 saturated carbocycles. The Morgan fingerprint density at radius 3 is 2.63 bits per heavy atom. The molecule has 0 spiro atoms. The molecule has 5 rings (SSSR count). The van der Waals surface area contributed by atoms with E-state index in [1.807, 2.05) is 6.08 Å². The molecule has 0 radical (unpaired) electrons. The number of hydrogen-bond donors (Lipinski definition) is 2. The second kappa shape index (κ2) is 5.46. The number of carboxylic acids is 1. The average Bonchev–Trinajstić information content (AvgIpc) is 3.12. The molecule has 1 aromatic carbocycles. The van der Waals surface area contributed by atoms with Crippen molar-refractivity contribution >= 4 is 16.9 Å². The van der Waals surface area contributed by atoms with Crippen LogP contribution in [0, 0.1) is 23.7 Å². The molecular formula is C22H18O5. The molecule has 5 atom stereocenters. The highest BCUT2D eigenvalue weighted by Gasteiger charge is 2.54. The number of rotatable bonds is 2. The number of hydrogen-bond acceptors (Lipinski definition) is 4. The first-order valence-electron chi connectivity index (χ1n) is 9.06. The van der Waals surface area contributed by atoms with Gasteiger partial charge in [-0.25, -0.2) is 0 Å². The number of carboxylic acid groups (broad SMARTS) is 1. The molecule has 2 bridgehead atoms. The molecule has 3 aliphatic carbocycles. The monoisotopic (exact) mass is 362 g/mol. The molecule has 1 fully saturated rings. The molecular weight excluding hydrogens is 344 g/mol. The van der Waals surface area contributed by atoms with Gasteiger partial charge in [0.15, 0.2) is 5.43 Å². The van der Waals surface area contributed by atoms with Crippen LogP contribution in [-0.2, 0) is 4.79 Å². The summed E-state index contributed by atoms with van der Waals surface area (Å²) in [5, 5.41) is 20.6. The Hall–Kier alpha value is -3.08. The van der Waals surface area contributed by atoms with E-state index in [1.54, 1.807) is 18.2 Å². The third-order valence-electron chi connectivity index (χ3n) is 6.32. The van der Waals surface area contributed by atoms with Crippen LogP contribution >= 0.6 is 0 Å². The second-order valence-electron chi connectivity index (χ2n) is 7.64. The van der Waals surface area contributed by atoms with Gasteiger partial charge in [0.1, 0.15) is 17.1 Å². The van der Waals surface area contributed by atoms with Crippen molar-refractivity contribution in [2.45, 2.75) is 12.8 Å². The van der Waals surface area contributed by atoms with E-state index in [9.17, 15) is 19.8 Å². The molecule has 0 aromatic heterocycles. The predicted octanol–water partition coefficient (Wildman–Crippen LogP) is 3.84. The number of allylic oxidation sites excluding steroid dienone is 2. The topological polar surface area (TPSA) is 87.7 Å². The highest BCUT2D eigenvalue weighted by molar-refractivity contribution is 5.91. The van der Waals surface area contributed by atoms with Gasteiger partial charge in [-0.2, -0.15) is 0 Å². The third kappa shape index (κ3) is 2.17. The number of phenolic OH excluding ortho intramolecular Hbond substituents is 1. The zero-order valence-electron chi connectivity index (χ0n) is 14.6. The van der Waals surface area contributed by atoms with Crippen LogP contribution < -0.4 is 5.43 Å². The molecule has 1 aliphatic heterocycles. The zero-order valence-corrected chi connectivity index (χ0v) is 14.6. The maximum Gasteiger partial charge on any atom is 0.307 e. The highest BCUT2D eigenvalue weighted by Crippen LogP contribution is 2.59. The molecule has 0 unspecified atom stereocenters. The summed E-state index contributed by atoms with van der Waals surface area (Å²) in [4.78, 5) is 24.0. The van der Waals surface area contributed by atoms with Crippen molar-refractivity contribution in [3.05, 3.63) is 64.3 Å². The lowest BCUT2D eigenvalue weighted by Gasteiger charge is -2.28. The fraction of sp³-hybridized carbons (Fsp3) is 0.273. The Kier molecular flexibility index (Phi) is 3.26. The van der Waals surface area contributed by atoms with Crippen molar-refractivity contribution in [1.82, 2.24) is 0 Å². The first kappa shape index (κ1) is 16.1. The van der Waals surface area contributed by atoms with Crippen LogP contribution in [0.4, 0.5) is 0 Å². The maximum atomic E-state index is 12.2. The number of aromatic hydroxyl groups is 1. The minimum Gasteiger partial charge on any atom is -0.508 e. The minimum atomic E-state index is -0.801. The van der Waals surface area contributed by atoms with E-state index in [-0.39, 0.29) is 34.8 Å². The largest absolute Gasteiger partial charge is 0.508 e. The lowest BCUT2D eigenvalue weighted by molar-refractivity contribution is -0.143. The summed E-state index contributed by atoms with van der Waals surface area (Å²) >= 11 is 0. The molecule has 4 aliphatic rings. The zero-order chi connectivity index (χ0) is 18.9. The SMILES string of the molecule is C[C@H]1[C@H]2C=C[C@@H]1[C@H](C(=O)O)[C@@H]2c1c2ccc(=O)cc-2oc2cc(O)ccc12. The molecule has 5 nitrogen and oxygen atoms in total. The van der Waals surface area contributed by atoms with E-state index in [0.717, 1.165) is 16.5 Å². The molecule has 2 N–H and O–H groups in total. The molecule has 27 heavy (non-hydrogen) atoms. The van der Waals surface area contributed by atoms with E-state index in [4.69, 9.17) is 4.42 Å². The van der Waals surface area contributed by atoms with Gasteiger partial charge in [0.2, 0.25) is 0 Å². The maximum absolute atomic E-state index is 12.2. The van der Waals surface area contributed by atoms with Crippen LogP contribution in [0.5, 0.6) is 5.75 Å². The molecule has 0 amide bonds. The first-order valence-corrected chi connectivity index (χ1v) is 9.06. The summed E-state index contributed by atoms with van der Waals surface area (Å²) in [6.07, 6.45) is 4.16. The number of carbonyl (C=O) groups is 1. The molecule has 0 saturated heterocycles. The van der Waals surface area contributed by atoms with E-state index < -0.39 is 11.9 Å². The fourth-order valence-electron chi connectivity index (χ4n) is 5.18. The Bertz CT molecular complexity index is 1140. The second-order valence-corrected chi connectivity index (χ2v) is 7.64. The van der Waals surface area contributed by atoms with E-state index in [2.05, 4.69) is 13.0 Å². The van der Waals surface area contributed by atoms with Crippen LogP contribution in [0.1, 0.15) is 18.4 Å². The normalized spacial score (nSPS) is 29.0. The van der Waals surface area contributed by atoms with Crippen molar-refractivity contribution in [3.63, 3.8) is 0 Å². The lowest BCUT2D eigenvalue weighted by atomic mass is 9.75. The smallest absolute Gasteiger partial charge is 0.307 e.